The Balaban J connectivity index is 2.09. The first-order chi connectivity index (χ1) is 13.0. The summed E-state index contributed by atoms with van der Waals surface area (Å²) in [7, 11) is 1.13. The van der Waals surface area contributed by atoms with Crippen molar-refractivity contribution in [1.29, 1.82) is 0 Å². The van der Waals surface area contributed by atoms with Crippen molar-refractivity contribution in [3.05, 3.63) is 33.9 Å². The number of imide groups is 1. The molecule has 1 fully saturated rings. The van der Waals surface area contributed by atoms with Gasteiger partial charge in [0.15, 0.2) is 6.04 Å². The smallest absolute Gasteiger partial charge is 0.416 e. The third-order valence-corrected chi connectivity index (χ3v) is 4.66. The number of hydrogen-bond acceptors (Lipinski definition) is 6. The van der Waals surface area contributed by atoms with Gasteiger partial charge in [0.1, 0.15) is 5.69 Å². The van der Waals surface area contributed by atoms with E-state index >= 15 is 0 Å². The lowest BCUT2D eigenvalue weighted by Crippen LogP contribution is -3.19. The van der Waals surface area contributed by atoms with Gasteiger partial charge in [0, 0.05) is 6.07 Å². The Morgan fingerprint density at radius 1 is 1.32 bits per heavy atom. The summed E-state index contributed by atoms with van der Waals surface area (Å²) in [6.07, 6.45) is -5.54. The summed E-state index contributed by atoms with van der Waals surface area (Å²) in [5.41, 5.74) is -1.60. The van der Waals surface area contributed by atoms with Crippen molar-refractivity contribution >= 4 is 23.4 Å². The van der Waals surface area contributed by atoms with Crippen LogP contribution in [0, 0.1) is 10.1 Å². The Morgan fingerprint density at radius 2 is 1.93 bits per heavy atom. The number of nitrogens with zero attached hydrogens (tertiary/aromatic N) is 2. The van der Waals surface area contributed by atoms with E-state index in [9.17, 15) is 32.9 Å². The number of ether oxygens (including phenoxy) is 1. The van der Waals surface area contributed by atoms with Gasteiger partial charge >= 0.3 is 12.3 Å². The van der Waals surface area contributed by atoms with Crippen molar-refractivity contribution in [3.63, 3.8) is 0 Å². The topological polar surface area (TPSA) is 106 Å². The highest BCUT2D eigenvalue weighted by molar-refractivity contribution is 5.93. The van der Waals surface area contributed by atoms with Crippen LogP contribution in [0.2, 0.25) is 0 Å². The molecule has 0 spiro atoms. The van der Waals surface area contributed by atoms with Gasteiger partial charge in [0.05, 0.1) is 43.8 Å². The number of rotatable bonds is 4. The Labute approximate surface area is 158 Å². The van der Waals surface area contributed by atoms with Crippen LogP contribution in [-0.4, -0.2) is 56.3 Å². The first-order valence-corrected chi connectivity index (χ1v) is 8.38. The number of piperazine rings is 1. The molecule has 1 aliphatic rings. The van der Waals surface area contributed by atoms with Crippen LogP contribution in [0.25, 0.3) is 0 Å². The molecule has 1 aromatic rings. The zero-order chi connectivity index (χ0) is 21.1. The average Bonchev–Trinajstić information content (AvgIpc) is 2.66. The van der Waals surface area contributed by atoms with Gasteiger partial charge in [-0.05, 0) is 19.1 Å². The highest BCUT2D eigenvalue weighted by atomic mass is 19.4. The number of hydrogen-bond donors (Lipinski definition) is 2. The number of alkyl carbamates (subject to hydrolysis) is 1. The van der Waals surface area contributed by atoms with Crippen LogP contribution in [-0.2, 0) is 15.7 Å². The zero-order valence-electron chi connectivity index (χ0n) is 15.2. The molecule has 0 saturated carbocycles. The number of halogens is 3. The summed E-state index contributed by atoms with van der Waals surface area (Å²) in [5, 5.41) is 13.3. The molecule has 28 heavy (non-hydrogen) atoms. The van der Waals surface area contributed by atoms with Crippen molar-refractivity contribution in [2.24, 2.45) is 0 Å². The number of nitro groups is 1. The summed E-state index contributed by atoms with van der Waals surface area (Å²) < 4.78 is 42.9. The number of amides is 2. The van der Waals surface area contributed by atoms with Crippen LogP contribution in [0.4, 0.5) is 29.3 Å². The molecule has 9 nitrogen and oxygen atoms in total. The van der Waals surface area contributed by atoms with Gasteiger partial charge in [0.2, 0.25) is 0 Å². The number of nitro benzene ring substituents is 1. The monoisotopic (exact) mass is 405 g/mol. The molecule has 2 rings (SSSR count). The predicted octanol–water partition coefficient (Wildman–Crippen LogP) is 0.590. The van der Waals surface area contributed by atoms with Crippen molar-refractivity contribution in [2.45, 2.75) is 19.1 Å². The maximum atomic E-state index is 12.8. The van der Waals surface area contributed by atoms with Crippen LogP contribution in [0.1, 0.15) is 12.5 Å². The first-order valence-electron chi connectivity index (χ1n) is 8.38. The van der Waals surface area contributed by atoms with Gasteiger partial charge in [-0.15, -0.1) is 0 Å². The fraction of sp³-hybridized carbons (Fsp3) is 0.500. The molecule has 0 aromatic heterocycles. The maximum Gasteiger partial charge on any atom is 0.416 e. The van der Waals surface area contributed by atoms with E-state index in [4.69, 9.17) is 0 Å². The lowest BCUT2D eigenvalue weighted by Gasteiger charge is -2.35. The second kappa shape index (κ2) is 8.42. The number of nitrogens with one attached hydrogen (secondary N) is 2. The highest BCUT2D eigenvalue weighted by Gasteiger charge is 2.35. The molecule has 1 aliphatic heterocycles. The minimum Gasteiger partial charge on any atom is -0.453 e. The standard InChI is InChI=1S/C16H19F3N4O5/c1-10(14(24)20-15(25)28-2)21-5-7-22(8-6-21)12-4-3-11(16(17,18)19)9-13(12)23(26)27/h3-4,9-10H,5-8H2,1-2H3,(H,20,24,25)/p+1/t10-/m1/s1. The van der Waals surface area contributed by atoms with Gasteiger partial charge < -0.3 is 14.5 Å². The van der Waals surface area contributed by atoms with E-state index < -0.39 is 40.4 Å². The molecule has 1 atom stereocenters. The molecule has 0 radical (unpaired) electrons. The fourth-order valence-electron chi connectivity index (χ4n) is 3.03. The van der Waals surface area contributed by atoms with Gasteiger partial charge in [-0.25, -0.2) is 4.79 Å². The number of anilines is 1. The van der Waals surface area contributed by atoms with Gasteiger partial charge in [-0.3, -0.25) is 20.2 Å². The van der Waals surface area contributed by atoms with E-state index in [-0.39, 0.29) is 5.69 Å². The highest BCUT2D eigenvalue weighted by Crippen LogP contribution is 2.36. The Hall–Kier alpha value is -2.89. The Bertz CT molecular complexity index is 763. The first kappa shape index (κ1) is 21.4. The number of quaternary nitrogens is 1. The molecule has 1 aromatic carbocycles. The van der Waals surface area contributed by atoms with Gasteiger partial charge in [-0.2, -0.15) is 13.2 Å². The number of carbonyl (C=O) groups is 2. The van der Waals surface area contributed by atoms with E-state index in [2.05, 4.69) is 10.1 Å². The SMILES string of the molecule is COC(=O)NC(=O)[C@@H](C)[NH+]1CCN(c2ccc(C(F)(F)F)cc2[N+](=O)[O-])CC1. The number of carbonyl (C=O) groups excluding carboxylic acids is 2. The zero-order valence-corrected chi connectivity index (χ0v) is 15.2. The van der Waals surface area contributed by atoms with Crippen molar-refractivity contribution < 1.29 is 37.3 Å². The molecular weight excluding hydrogens is 385 g/mol. The lowest BCUT2D eigenvalue weighted by molar-refractivity contribution is -0.914. The summed E-state index contributed by atoms with van der Waals surface area (Å²) in [6, 6.07) is 1.87. The van der Waals surface area contributed by atoms with Crippen LogP contribution in [0.5, 0.6) is 0 Å². The molecule has 0 unspecified atom stereocenters. The second-order valence-electron chi connectivity index (χ2n) is 6.31. The summed E-state index contributed by atoms with van der Waals surface area (Å²) in [4.78, 5) is 36.0. The molecule has 12 heteroatoms. The van der Waals surface area contributed by atoms with E-state index in [1.807, 2.05) is 0 Å². The summed E-state index contributed by atoms with van der Waals surface area (Å²) in [6.45, 7) is 3.06. The Morgan fingerprint density at radius 3 is 2.43 bits per heavy atom. The number of methoxy groups -OCH3 is 1. The van der Waals surface area contributed by atoms with E-state index in [0.29, 0.717) is 32.2 Å². The quantitative estimate of drug-likeness (QED) is 0.561. The minimum absolute atomic E-state index is 0.101. The Kier molecular flexibility index (Phi) is 6.44. The molecule has 154 valence electrons. The lowest BCUT2D eigenvalue weighted by atomic mass is 10.1. The van der Waals surface area contributed by atoms with E-state index in [1.165, 1.54) is 0 Å². The normalized spacial score (nSPS) is 16.4. The predicted molar refractivity (Wildman–Crippen MR) is 91.0 cm³/mol. The second-order valence-corrected chi connectivity index (χ2v) is 6.31. The van der Waals surface area contributed by atoms with Crippen LogP contribution in [0.15, 0.2) is 18.2 Å². The number of alkyl halides is 3. The molecule has 0 aliphatic carbocycles. The van der Waals surface area contributed by atoms with E-state index in [0.717, 1.165) is 24.1 Å². The largest absolute Gasteiger partial charge is 0.453 e. The molecule has 1 saturated heterocycles. The summed E-state index contributed by atoms with van der Waals surface area (Å²) >= 11 is 0. The third kappa shape index (κ3) is 4.88. The molecule has 2 N–H and O–H groups in total. The van der Waals surface area contributed by atoms with Crippen LogP contribution >= 0.6 is 0 Å². The molecular formula is C16H20F3N4O5+. The summed E-state index contributed by atoms with van der Waals surface area (Å²) in [5.74, 6) is -0.518. The van der Waals surface area contributed by atoms with E-state index in [1.54, 1.807) is 11.8 Å². The van der Waals surface area contributed by atoms with Gasteiger partial charge in [-0.1, -0.05) is 0 Å². The van der Waals surface area contributed by atoms with Gasteiger partial charge in [0.25, 0.3) is 11.6 Å². The fourth-order valence-corrected chi connectivity index (χ4v) is 3.03. The molecule has 2 amide bonds. The molecule has 0 bridgehead atoms. The maximum absolute atomic E-state index is 12.8. The van der Waals surface area contributed by atoms with Crippen molar-refractivity contribution in [1.82, 2.24) is 5.32 Å². The third-order valence-electron chi connectivity index (χ3n) is 4.66. The average molecular weight is 405 g/mol. The van der Waals surface area contributed by atoms with Crippen molar-refractivity contribution in [3.8, 4) is 0 Å². The molecule has 1 heterocycles. The van der Waals surface area contributed by atoms with Crippen LogP contribution < -0.4 is 15.1 Å². The van der Waals surface area contributed by atoms with Crippen LogP contribution in [0.3, 0.4) is 0 Å². The number of benzene rings is 1. The minimum atomic E-state index is -4.67. The van der Waals surface area contributed by atoms with Crippen molar-refractivity contribution in [2.75, 3.05) is 38.2 Å².